The van der Waals surface area contributed by atoms with Crippen LogP contribution in [0.4, 0.5) is 8.78 Å². The average Bonchev–Trinajstić information content (AvgIpc) is 2.80. The molecular formula is C23H25ClF2N2O4. The number of amides is 1. The second kappa shape index (κ2) is 11.8. The number of carbonyl (C=O) groups excluding carboxylic acids is 1. The van der Waals surface area contributed by atoms with Gasteiger partial charge < -0.3 is 19.5 Å². The van der Waals surface area contributed by atoms with Gasteiger partial charge in [0.15, 0.2) is 11.5 Å². The summed E-state index contributed by atoms with van der Waals surface area (Å²) in [5.74, 6) is -0.188. The lowest BCUT2D eigenvalue weighted by atomic mass is 10.0. The third-order valence-corrected chi connectivity index (χ3v) is 5.29. The highest BCUT2D eigenvalue weighted by molar-refractivity contribution is 6.30. The molecule has 32 heavy (non-hydrogen) atoms. The molecule has 2 aromatic carbocycles. The van der Waals surface area contributed by atoms with Crippen LogP contribution in [0.25, 0.3) is 6.08 Å². The summed E-state index contributed by atoms with van der Waals surface area (Å²) in [4.78, 5) is 14.7. The molecule has 2 aromatic rings. The van der Waals surface area contributed by atoms with Crippen LogP contribution in [0.15, 0.2) is 48.5 Å². The van der Waals surface area contributed by atoms with Crippen LogP contribution >= 0.6 is 11.6 Å². The van der Waals surface area contributed by atoms with E-state index in [1.807, 2.05) is 24.3 Å². The second-order valence-electron chi connectivity index (χ2n) is 7.08. The molecule has 0 radical (unpaired) electrons. The molecule has 1 aliphatic rings. The average molecular weight is 467 g/mol. The Labute approximate surface area is 190 Å². The standard InChI is InChI=1S/C23H25ClF2N2O4/c1-30-21-14-16(2-8-20(21)32-23(25)26)3-9-22(29)27-15-19(28-10-12-31-13-11-28)17-4-6-18(24)7-5-17/h2-9,14,19,23H,10-13,15H2,1H3,(H,27,29). The molecular weight excluding hydrogens is 442 g/mol. The first kappa shape index (κ1) is 24.0. The molecule has 9 heteroatoms. The number of morpholine rings is 1. The minimum atomic E-state index is -2.95. The van der Waals surface area contributed by atoms with Gasteiger partial charge in [0.05, 0.1) is 26.4 Å². The molecule has 1 atom stereocenters. The molecule has 0 aliphatic carbocycles. The van der Waals surface area contributed by atoms with E-state index in [-0.39, 0.29) is 23.4 Å². The normalized spacial score (nSPS) is 15.7. The summed E-state index contributed by atoms with van der Waals surface area (Å²) >= 11 is 6.02. The molecule has 1 unspecified atom stereocenters. The van der Waals surface area contributed by atoms with E-state index >= 15 is 0 Å². The van der Waals surface area contributed by atoms with Gasteiger partial charge >= 0.3 is 6.61 Å². The highest BCUT2D eigenvalue weighted by atomic mass is 35.5. The first-order valence-corrected chi connectivity index (χ1v) is 10.5. The molecule has 1 N–H and O–H groups in total. The van der Waals surface area contributed by atoms with Gasteiger partial charge in [-0.1, -0.05) is 29.8 Å². The lowest BCUT2D eigenvalue weighted by Gasteiger charge is -2.34. The third kappa shape index (κ3) is 6.91. The van der Waals surface area contributed by atoms with Crippen molar-refractivity contribution in [2.75, 3.05) is 40.0 Å². The Morgan fingerprint density at radius 2 is 1.91 bits per heavy atom. The van der Waals surface area contributed by atoms with Crippen molar-refractivity contribution in [3.63, 3.8) is 0 Å². The minimum absolute atomic E-state index is 0.0145. The number of alkyl halides is 2. The number of nitrogens with one attached hydrogen (secondary N) is 1. The van der Waals surface area contributed by atoms with E-state index < -0.39 is 6.61 Å². The molecule has 1 saturated heterocycles. The summed E-state index contributed by atoms with van der Waals surface area (Å²) in [6.07, 6.45) is 2.97. The van der Waals surface area contributed by atoms with E-state index in [1.54, 1.807) is 12.1 Å². The van der Waals surface area contributed by atoms with E-state index in [4.69, 9.17) is 21.1 Å². The maximum Gasteiger partial charge on any atom is 0.387 e. The summed E-state index contributed by atoms with van der Waals surface area (Å²) in [5, 5.41) is 3.59. The van der Waals surface area contributed by atoms with Gasteiger partial charge in [-0.05, 0) is 41.5 Å². The zero-order valence-corrected chi connectivity index (χ0v) is 18.4. The zero-order valence-electron chi connectivity index (χ0n) is 17.6. The highest BCUT2D eigenvalue weighted by Crippen LogP contribution is 2.30. The monoisotopic (exact) mass is 466 g/mol. The summed E-state index contributed by atoms with van der Waals surface area (Å²) in [5.41, 5.74) is 1.67. The number of nitrogens with zero attached hydrogens (tertiary/aromatic N) is 1. The second-order valence-corrected chi connectivity index (χ2v) is 7.52. The maximum absolute atomic E-state index is 12.5. The van der Waals surface area contributed by atoms with Crippen molar-refractivity contribution in [1.82, 2.24) is 10.2 Å². The van der Waals surface area contributed by atoms with E-state index in [2.05, 4.69) is 15.0 Å². The van der Waals surface area contributed by atoms with Crippen molar-refractivity contribution in [3.05, 3.63) is 64.7 Å². The zero-order chi connectivity index (χ0) is 22.9. The topological polar surface area (TPSA) is 60.0 Å². The summed E-state index contributed by atoms with van der Waals surface area (Å²) in [7, 11) is 1.36. The van der Waals surface area contributed by atoms with Crippen molar-refractivity contribution in [3.8, 4) is 11.5 Å². The van der Waals surface area contributed by atoms with E-state index in [9.17, 15) is 13.6 Å². The lowest BCUT2D eigenvalue weighted by Crippen LogP contribution is -2.43. The van der Waals surface area contributed by atoms with Crippen molar-refractivity contribution in [1.29, 1.82) is 0 Å². The van der Waals surface area contributed by atoms with Crippen molar-refractivity contribution in [2.24, 2.45) is 0 Å². The number of hydrogen-bond acceptors (Lipinski definition) is 5. The molecule has 0 saturated carbocycles. The Bertz CT molecular complexity index is 919. The molecule has 0 spiro atoms. The van der Waals surface area contributed by atoms with Gasteiger partial charge in [-0.3, -0.25) is 9.69 Å². The Morgan fingerprint density at radius 1 is 1.19 bits per heavy atom. The Kier molecular flexibility index (Phi) is 8.84. The molecule has 1 heterocycles. The molecule has 1 amide bonds. The summed E-state index contributed by atoms with van der Waals surface area (Å²) in [6.45, 7) is 0.291. The molecule has 1 fully saturated rings. The quantitative estimate of drug-likeness (QED) is 0.562. The number of hydrogen-bond donors (Lipinski definition) is 1. The third-order valence-electron chi connectivity index (χ3n) is 5.04. The minimum Gasteiger partial charge on any atom is -0.493 e. The van der Waals surface area contributed by atoms with Crippen LogP contribution < -0.4 is 14.8 Å². The van der Waals surface area contributed by atoms with Crippen molar-refractivity contribution < 1.29 is 27.8 Å². The molecule has 0 bridgehead atoms. The van der Waals surface area contributed by atoms with Crippen molar-refractivity contribution in [2.45, 2.75) is 12.7 Å². The fraction of sp³-hybridized carbons (Fsp3) is 0.348. The van der Waals surface area contributed by atoms with Gasteiger partial charge in [0, 0.05) is 30.7 Å². The van der Waals surface area contributed by atoms with Gasteiger partial charge in [0.2, 0.25) is 5.91 Å². The van der Waals surface area contributed by atoms with Gasteiger partial charge in [-0.25, -0.2) is 0 Å². The first-order valence-electron chi connectivity index (χ1n) is 10.1. The number of rotatable bonds is 9. The van der Waals surface area contributed by atoms with Crippen LogP contribution in [0, 0.1) is 0 Å². The SMILES string of the molecule is COc1cc(C=CC(=O)NCC(c2ccc(Cl)cc2)N2CCOCC2)ccc1OC(F)F. The Hall–Kier alpha value is -2.68. The largest absolute Gasteiger partial charge is 0.493 e. The van der Waals surface area contributed by atoms with Crippen LogP contribution in [-0.4, -0.2) is 57.4 Å². The fourth-order valence-electron chi connectivity index (χ4n) is 3.44. The molecule has 172 valence electrons. The van der Waals surface area contributed by atoms with Crippen LogP contribution in [0.5, 0.6) is 11.5 Å². The van der Waals surface area contributed by atoms with Crippen LogP contribution in [-0.2, 0) is 9.53 Å². The number of methoxy groups -OCH3 is 1. The first-order chi connectivity index (χ1) is 15.5. The number of carbonyl (C=O) groups is 1. The Morgan fingerprint density at radius 3 is 2.56 bits per heavy atom. The van der Waals surface area contributed by atoms with Crippen LogP contribution in [0.3, 0.4) is 0 Å². The summed E-state index contributed by atoms with van der Waals surface area (Å²) in [6, 6.07) is 12.0. The fourth-order valence-corrected chi connectivity index (χ4v) is 3.57. The molecule has 6 nitrogen and oxygen atoms in total. The predicted molar refractivity (Wildman–Crippen MR) is 118 cm³/mol. The van der Waals surface area contributed by atoms with Gasteiger partial charge in [0.1, 0.15) is 0 Å². The lowest BCUT2D eigenvalue weighted by molar-refractivity contribution is -0.116. The van der Waals surface area contributed by atoms with Crippen LogP contribution in [0.1, 0.15) is 17.2 Å². The van der Waals surface area contributed by atoms with Gasteiger partial charge in [-0.2, -0.15) is 8.78 Å². The summed E-state index contributed by atoms with van der Waals surface area (Å²) < 4.78 is 39.8. The van der Waals surface area contributed by atoms with E-state index in [1.165, 1.54) is 25.3 Å². The molecule has 0 aromatic heterocycles. The number of ether oxygens (including phenoxy) is 3. The van der Waals surface area contributed by atoms with Gasteiger partial charge in [0.25, 0.3) is 0 Å². The number of benzene rings is 2. The van der Waals surface area contributed by atoms with Gasteiger partial charge in [-0.15, -0.1) is 0 Å². The number of halogens is 3. The Balaban J connectivity index is 1.64. The van der Waals surface area contributed by atoms with E-state index in [0.29, 0.717) is 30.3 Å². The molecule has 1 aliphatic heterocycles. The maximum atomic E-state index is 12.5. The van der Waals surface area contributed by atoms with E-state index in [0.717, 1.165) is 18.7 Å². The molecule has 3 rings (SSSR count). The highest BCUT2D eigenvalue weighted by Gasteiger charge is 2.23. The van der Waals surface area contributed by atoms with Crippen molar-refractivity contribution >= 4 is 23.6 Å². The van der Waals surface area contributed by atoms with Crippen LogP contribution in [0.2, 0.25) is 5.02 Å². The predicted octanol–water partition coefficient (Wildman–Crippen LogP) is 4.15. The smallest absolute Gasteiger partial charge is 0.387 e.